The SMILES string of the molecule is Cc1cc([N+]2=C=[N+](c3[c-]c(Oc4[c-]c5c(cc4-c4nc(-c6ccc(C(C)(C)C)cc6)nc(-c6ccc(C(C)(C)C)cc6)n4)c4ccccc4n5-c4ccccn4)ccc3)c3ccccc32)cc(C)c1C.[Pt+2]. The molecule has 3 aromatic heterocycles. The van der Waals surface area contributed by atoms with E-state index in [1.54, 1.807) is 0 Å². The molecule has 1 aliphatic rings. The molecule has 0 saturated carbocycles. The number of nitrogens with zero attached hydrogens (tertiary/aromatic N) is 7. The molecule has 0 bridgehead atoms. The summed E-state index contributed by atoms with van der Waals surface area (Å²) in [4.78, 5) is 20.5. The van der Waals surface area contributed by atoms with E-state index in [0.29, 0.717) is 34.5 Å². The first-order chi connectivity index (χ1) is 33.7. The Morgan fingerprint density at radius 1 is 0.563 bits per heavy atom. The van der Waals surface area contributed by atoms with E-state index < -0.39 is 0 Å². The molecule has 0 amide bonds. The van der Waals surface area contributed by atoms with Crippen LogP contribution in [0.5, 0.6) is 11.5 Å². The molecule has 8 nitrogen and oxygen atoms in total. The molecule has 71 heavy (non-hydrogen) atoms. The molecule has 350 valence electrons. The van der Waals surface area contributed by atoms with E-state index in [-0.39, 0.29) is 31.9 Å². The van der Waals surface area contributed by atoms with Crippen molar-refractivity contribution in [2.24, 2.45) is 0 Å². The van der Waals surface area contributed by atoms with Gasteiger partial charge in [0.1, 0.15) is 17.3 Å². The van der Waals surface area contributed by atoms with Crippen molar-refractivity contribution in [3.8, 4) is 51.5 Å². The summed E-state index contributed by atoms with van der Waals surface area (Å²) < 4.78 is 13.4. The maximum Gasteiger partial charge on any atom is 2.00 e. The Labute approximate surface area is 430 Å². The van der Waals surface area contributed by atoms with Crippen molar-refractivity contribution in [1.29, 1.82) is 0 Å². The maximum absolute atomic E-state index is 7.09. The number of para-hydroxylation sites is 3. The van der Waals surface area contributed by atoms with Gasteiger partial charge in [-0.2, -0.15) is 6.07 Å². The van der Waals surface area contributed by atoms with Gasteiger partial charge in [-0.1, -0.05) is 149 Å². The second kappa shape index (κ2) is 18.3. The molecule has 0 saturated heterocycles. The first-order valence-corrected chi connectivity index (χ1v) is 23.8. The van der Waals surface area contributed by atoms with Crippen molar-refractivity contribution in [1.82, 2.24) is 33.7 Å². The van der Waals surface area contributed by atoms with Gasteiger partial charge in [-0.3, -0.25) is 0 Å². The van der Waals surface area contributed by atoms with Crippen molar-refractivity contribution in [2.75, 3.05) is 0 Å². The summed E-state index contributed by atoms with van der Waals surface area (Å²) in [5.74, 6) is 3.24. The van der Waals surface area contributed by atoms with E-state index >= 15 is 0 Å². The average molecular weight is 1110 g/mol. The third-order valence-corrected chi connectivity index (χ3v) is 13.4. The maximum atomic E-state index is 7.09. The monoisotopic (exact) mass is 1110 g/mol. The molecule has 0 spiro atoms. The van der Waals surface area contributed by atoms with Crippen molar-refractivity contribution in [3.05, 3.63) is 198 Å². The minimum atomic E-state index is -0.0179. The summed E-state index contributed by atoms with van der Waals surface area (Å²) in [7, 11) is 0. The zero-order valence-corrected chi connectivity index (χ0v) is 43.6. The summed E-state index contributed by atoms with van der Waals surface area (Å²) >= 11 is 0. The predicted molar refractivity (Wildman–Crippen MR) is 285 cm³/mol. The van der Waals surface area contributed by atoms with E-state index in [1.807, 2.05) is 53.2 Å². The van der Waals surface area contributed by atoms with E-state index in [2.05, 4.69) is 199 Å². The minimum Gasteiger partial charge on any atom is -0.508 e. The van der Waals surface area contributed by atoms with Crippen molar-refractivity contribution in [2.45, 2.75) is 73.1 Å². The second-order valence-corrected chi connectivity index (χ2v) is 20.2. The van der Waals surface area contributed by atoms with Gasteiger partial charge in [-0.25, -0.2) is 19.9 Å². The van der Waals surface area contributed by atoms with Crippen LogP contribution in [0, 0.1) is 32.9 Å². The number of aryl methyl sites for hydroxylation is 2. The van der Waals surface area contributed by atoms with Crippen LogP contribution in [0.25, 0.3) is 61.8 Å². The molecule has 4 heterocycles. The fourth-order valence-electron chi connectivity index (χ4n) is 9.19. The summed E-state index contributed by atoms with van der Waals surface area (Å²) in [5.41, 5.74) is 14.2. The smallest absolute Gasteiger partial charge is 0.508 e. The molecule has 9 heteroatoms. The minimum absolute atomic E-state index is 0. The van der Waals surface area contributed by atoms with Gasteiger partial charge in [0.25, 0.3) is 11.4 Å². The summed E-state index contributed by atoms with van der Waals surface area (Å²) in [6.45, 7) is 19.8. The molecule has 10 aromatic rings. The number of aromatic nitrogens is 5. The van der Waals surface area contributed by atoms with Gasteiger partial charge in [-0.15, -0.1) is 23.6 Å². The second-order valence-electron chi connectivity index (χ2n) is 20.2. The van der Waals surface area contributed by atoms with E-state index in [9.17, 15) is 0 Å². The van der Waals surface area contributed by atoms with Crippen molar-refractivity contribution < 1.29 is 25.8 Å². The van der Waals surface area contributed by atoms with Crippen LogP contribution < -0.4 is 13.9 Å². The van der Waals surface area contributed by atoms with Gasteiger partial charge in [0.05, 0.1) is 0 Å². The number of benzene rings is 7. The largest absolute Gasteiger partial charge is 2.00 e. The number of hydrogen-bond donors (Lipinski definition) is 0. The van der Waals surface area contributed by atoms with E-state index in [0.717, 1.165) is 61.5 Å². The number of hydrogen-bond acceptors (Lipinski definition) is 5. The molecule has 0 radical (unpaired) electrons. The Kier molecular flexibility index (Phi) is 12.1. The van der Waals surface area contributed by atoms with Gasteiger partial charge in [0.2, 0.25) is 5.69 Å². The number of rotatable bonds is 8. The number of pyridine rings is 1. The molecule has 0 fully saturated rings. The third-order valence-electron chi connectivity index (χ3n) is 13.4. The summed E-state index contributed by atoms with van der Waals surface area (Å²) in [6.07, 6.45) is 1.81. The Morgan fingerprint density at radius 3 is 1.75 bits per heavy atom. The first-order valence-electron chi connectivity index (χ1n) is 23.8. The normalized spacial score (nSPS) is 12.4. The van der Waals surface area contributed by atoms with Gasteiger partial charge in [0.15, 0.2) is 11.6 Å². The zero-order chi connectivity index (χ0) is 48.5. The Morgan fingerprint density at radius 2 is 1.14 bits per heavy atom. The first kappa shape index (κ1) is 47.1. The number of fused-ring (bicyclic) bond motifs is 4. The fourth-order valence-corrected chi connectivity index (χ4v) is 9.19. The van der Waals surface area contributed by atoms with Gasteiger partial charge in [-0.05, 0) is 93.1 Å². The molecular weight excluding hydrogens is 1050 g/mol. The predicted octanol–water partition coefficient (Wildman–Crippen LogP) is 15.1. The topological polar surface area (TPSA) is 71.7 Å². The van der Waals surface area contributed by atoms with Crippen LogP contribution in [-0.2, 0) is 31.9 Å². The quantitative estimate of drug-likeness (QED) is 0.112. The molecule has 11 rings (SSSR count). The molecular formula is C62H53N7OPt+2. The molecule has 1 aliphatic heterocycles. The zero-order valence-electron chi connectivity index (χ0n) is 41.4. The van der Waals surface area contributed by atoms with Crippen LogP contribution in [0.1, 0.15) is 69.4 Å². The van der Waals surface area contributed by atoms with Crippen molar-refractivity contribution >= 4 is 50.6 Å². The third kappa shape index (κ3) is 8.84. The van der Waals surface area contributed by atoms with Crippen LogP contribution in [-0.4, -0.2) is 30.5 Å². The molecule has 0 unspecified atom stereocenters. The van der Waals surface area contributed by atoms with Crippen LogP contribution in [0.15, 0.2) is 158 Å². The van der Waals surface area contributed by atoms with Crippen molar-refractivity contribution in [3.63, 3.8) is 0 Å². The van der Waals surface area contributed by atoms with Crippen LogP contribution in [0.4, 0.5) is 22.7 Å². The van der Waals surface area contributed by atoms with Crippen LogP contribution >= 0.6 is 0 Å². The Hall–Kier alpha value is -7.63. The summed E-state index contributed by atoms with van der Waals surface area (Å²) in [5, 5.41) is 1.99. The molecule has 0 atom stereocenters. The molecule has 7 aromatic carbocycles. The Balaban J connectivity index is 0.00000582. The fraction of sp³-hybridized carbons (Fsp3) is 0.177. The van der Waals surface area contributed by atoms with Gasteiger partial charge >= 0.3 is 27.1 Å². The standard InChI is InChI=1S/C62H53N7O.Pt/c1-39-33-47(34-40(2)41(39)3)68-38-67(53-21-12-13-22-54(53)68)46-17-16-18-48(35-46)70-56-37-55-50(49-19-10-11-20-52(49)69(55)57-23-14-15-32-63-57)36-51(56)60-65-58(42-24-28-44(29-25-42)61(4,5)6)64-59(66-60)43-26-30-45(31-27-43)62(7,8)9;/h10-34,36H,1-9H3;/q;+2. The Bertz CT molecular complexity index is 3660. The number of ether oxygens (including phenoxy) is 1. The van der Waals surface area contributed by atoms with E-state index in [1.165, 1.54) is 27.8 Å². The average Bonchev–Trinajstić information content (AvgIpc) is 3.91. The van der Waals surface area contributed by atoms with Gasteiger partial charge < -0.3 is 9.30 Å². The molecule has 0 N–H and O–H groups in total. The van der Waals surface area contributed by atoms with Gasteiger partial charge in [0, 0.05) is 58.6 Å². The van der Waals surface area contributed by atoms with Crippen LogP contribution in [0.2, 0.25) is 0 Å². The van der Waals surface area contributed by atoms with Crippen LogP contribution in [0.3, 0.4) is 0 Å². The molecule has 0 aliphatic carbocycles. The van der Waals surface area contributed by atoms with E-state index in [4.69, 9.17) is 24.7 Å². The summed E-state index contributed by atoms with van der Waals surface area (Å²) in [6, 6.07) is 63.2.